The van der Waals surface area contributed by atoms with Crippen LogP contribution in [0.5, 0.6) is 0 Å². The molecule has 0 saturated heterocycles. The third-order valence-corrected chi connectivity index (χ3v) is 2.70. The fourth-order valence-electron chi connectivity index (χ4n) is 0.992. The highest BCUT2D eigenvalue weighted by atomic mass is 79.9. The normalized spacial score (nSPS) is 12.4. The van der Waals surface area contributed by atoms with Crippen molar-refractivity contribution >= 4 is 21.9 Å². The molecule has 0 saturated carbocycles. The monoisotopic (exact) mass is 257 g/mol. The van der Waals surface area contributed by atoms with E-state index < -0.39 is 12.0 Å². The van der Waals surface area contributed by atoms with Gasteiger partial charge in [0.1, 0.15) is 6.04 Å². The quantitative estimate of drug-likeness (QED) is 0.868. The SMILES string of the molecule is CC(NCc1ccccc1Br)C(=O)O. The minimum atomic E-state index is -0.836. The number of hydrogen-bond acceptors (Lipinski definition) is 2. The smallest absolute Gasteiger partial charge is 0.320 e. The Balaban J connectivity index is 2.54. The molecule has 0 aliphatic rings. The summed E-state index contributed by atoms with van der Waals surface area (Å²) in [5.41, 5.74) is 1.06. The number of benzene rings is 1. The molecule has 0 heterocycles. The summed E-state index contributed by atoms with van der Waals surface area (Å²) in [6.07, 6.45) is 0. The Kier molecular flexibility index (Phi) is 4.10. The molecule has 1 aromatic carbocycles. The van der Waals surface area contributed by atoms with Crippen molar-refractivity contribution in [1.82, 2.24) is 5.32 Å². The van der Waals surface area contributed by atoms with E-state index >= 15 is 0 Å². The summed E-state index contributed by atoms with van der Waals surface area (Å²) in [7, 11) is 0. The van der Waals surface area contributed by atoms with Gasteiger partial charge in [0.25, 0.3) is 0 Å². The molecule has 0 amide bonds. The molecule has 0 aliphatic heterocycles. The number of halogens is 1. The van der Waals surface area contributed by atoms with Crippen LogP contribution in [0.2, 0.25) is 0 Å². The van der Waals surface area contributed by atoms with Crippen LogP contribution in [0.15, 0.2) is 28.7 Å². The molecule has 1 unspecified atom stereocenters. The number of carboxylic acids is 1. The van der Waals surface area contributed by atoms with E-state index in [-0.39, 0.29) is 0 Å². The third-order valence-electron chi connectivity index (χ3n) is 1.93. The molecule has 14 heavy (non-hydrogen) atoms. The fourth-order valence-corrected chi connectivity index (χ4v) is 1.42. The number of rotatable bonds is 4. The van der Waals surface area contributed by atoms with Crippen LogP contribution < -0.4 is 5.32 Å². The van der Waals surface area contributed by atoms with E-state index in [1.165, 1.54) is 0 Å². The summed E-state index contributed by atoms with van der Waals surface area (Å²) in [5, 5.41) is 11.6. The molecule has 1 aromatic rings. The second kappa shape index (κ2) is 5.12. The zero-order valence-corrected chi connectivity index (χ0v) is 9.41. The first-order valence-corrected chi connectivity index (χ1v) is 5.10. The van der Waals surface area contributed by atoms with Crippen molar-refractivity contribution in [3.63, 3.8) is 0 Å². The Morgan fingerprint density at radius 2 is 2.21 bits per heavy atom. The number of carboxylic acid groups (broad SMARTS) is 1. The van der Waals surface area contributed by atoms with E-state index in [1.54, 1.807) is 6.92 Å². The topological polar surface area (TPSA) is 49.3 Å². The molecule has 0 aliphatic carbocycles. The first-order valence-electron chi connectivity index (χ1n) is 4.31. The first kappa shape index (κ1) is 11.2. The summed E-state index contributed by atoms with van der Waals surface area (Å²) in [4.78, 5) is 10.5. The van der Waals surface area contributed by atoms with Crippen LogP contribution in [0.3, 0.4) is 0 Å². The minimum Gasteiger partial charge on any atom is -0.480 e. The van der Waals surface area contributed by atoms with E-state index in [0.717, 1.165) is 10.0 Å². The number of hydrogen-bond donors (Lipinski definition) is 2. The molecule has 0 aromatic heterocycles. The van der Waals surface area contributed by atoms with Gasteiger partial charge >= 0.3 is 5.97 Å². The zero-order valence-electron chi connectivity index (χ0n) is 7.83. The highest BCUT2D eigenvalue weighted by Crippen LogP contribution is 2.15. The van der Waals surface area contributed by atoms with Crippen molar-refractivity contribution in [2.24, 2.45) is 0 Å². The predicted molar refractivity (Wildman–Crippen MR) is 58.1 cm³/mol. The molecule has 2 N–H and O–H groups in total. The van der Waals surface area contributed by atoms with Gasteiger partial charge in [-0.2, -0.15) is 0 Å². The van der Waals surface area contributed by atoms with Crippen LogP contribution in [-0.4, -0.2) is 17.1 Å². The molecule has 4 heteroatoms. The van der Waals surface area contributed by atoms with Gasteiger partial charge in [-0.1, -0.05) is 34.1 Å². The van der Waals surface area contributed by atoms with Crippen LogP contribution in [0.25, 0.3) is 0 Å². The molecule has 76 valence electrons. The maximum absolute atomic E-state index is 10.5. The average molecular weight is 258 g/mol. The van der Waals surface area contributed by atoms with Gasteiger partial charge in [0.05, 0.1) is 0 Å². The molecule has 0 fully saturated rings. The van der Waals surface area contributed by atoms with Crippen molar-refractivity contribution in [1.29, 1.82) is 0 Å². The van der Waals surface area contributed by atoms with Gasteiger partial charge < -0.3 is 10.4 Å². The highest BCUT2D eigenvalue weighted by Gasteiger charge is 2.09. The van der Waals surface area contributed by atoms with Gasteiger partial charge in [-0.15, -0.1) is 0 Å². The lowest BCUT2D eigenvalue weighted by Gasteiger charge is -2.09. The molecule has 3 nitrogen and oxygen atoms in total. The average Bonchev–Trinajstić information content (AvgIpc) is 2.16. The first-order chi connectivity index (χ1) is 6.61. The predicted octanol–water partition coefficient (Wildman–Crippen LogP) is 2.01. The molecule has 0 radical (unpaired) electrons. The molecular weight excluding hydrogens is 246 g/mol. The Morgan fingerprint density at radius 3 is 2.79 bits per heavy atom. The van der Waals surface area contributed by atoms with Gasteiger partial charge in [-0.3, -0.25) is 4.79 Å². The van der Waals surface area contributed by atoms with E-state index in [1.807, 2.05) is 24.3 Å². The van der Waals surface area contributed by atoms with Crippen LogP contribution >= 0.6 is 15.9 Å². The van der Waals surface area contributed by atoms with Crippen molar-refractivity contribution in [2.45, 2.75) is 19.5 Å². The lowest BCUT2D eigenvalue weighted by Crippen LogP contribution is -2.33. The maximum Gasteiger partial charge on any atom is 0.320 e. The van der Waals surface area contributed by atoms with Gasteiger partial charge in [-0.25, -0.2) is 0 Å². The van der Waals surface area contributed by atoms with Gasteiger partial charge in [0.2, 0.25) is 0 Å². The summed E-state index contributed by atoms with van der Waals surface area (Å²) in [5.74, 6) is -0.836. The highest BCUT2D eigenvalue weighted by molar-refractivity contribution is 9.10. The Labute approximate surface area is 91.3 Å². The largest absolute Gasteiger partial charge is 0.480 e. The van der Waals surface area contributed by atoms with E-state index in [4.69, 9.17) is 5.11 Å². The van der Waals surface area contributed by atoms with Crippen molar-refractivity contribution in [2.75, 3.05) is 0 Å². The number of carbonyl (C=O) groups is 1. The van der Waals surface area contributed by atoms with E-state index in [9.17, 15) is 4.79 Å². The number of nitrogens with one attached hydrogen (secondary N) is 1. The van der Waals surface area contributed by atoms with Crippen molar-refractivity contribution < 1.29 is 9.90 Å². The van der Waals surface area contributed by atoms with E-state index in [0.29, 0.717) is 6.54 Å². The van der Waals surface area contributed by atoms with E-state index in [2.05, 4.69) is 21.2 Å². The minimum absolute atomic E-state index is 0.526. The lowest BCUT2D eigenvalue weighted by atomic mass is 10.2. The summed E-state index contributed by atoms with van der Waals surface area (Å²) in [6, 6.07) is 7.21. The Morgan fingerprint density at radius 1 is 1.57 bits per heavy atom. The van der Waals surface area contributed by atoms with Crippen molar-refractivity contribution in [3.05, 3.63) is 34.3 Å². The zero-order chi connectivity index (χ0) is 10.6. The molecule has 1 rings (SSSR count). The molecule has 0 spiro atoms. The van der Waals surface area contributed by atoms with Gasteiger partial charge in [0, 0.05) is 11.0 Å². The Hall–Kier alpha value is -0.870. The lowest BCUT2D eigenvalue weighted by molar-refractivity contribution is -0.139. The van der Waals surface area contributed by atoms with Crippen molar-refractivity contribution in [3.8, 4) is 0 Å². The second-order valence-electron chi connectivity index (χ2n) is 3.03. The summed E-state index contributed by atoms with van der Waals surface area (Å²) < 4.78 is 0.991. The van der Waals surface area contributed by atoms with Crippen LogP contribution in [0.1, 0.15) is 12.5 Å². The third kappa shape index (κ3) is 3.12. The fraction of sp³-hybridized carbons (Fsp3) is 0.300. The molecule has 0 bridgehead atoms. The molecular formula is C10H12BrNO2. The van der Waals surface area contributed by atoms with Crippen LogP contribution in [0, 0.1) is 0 Å². The van der Waals surface area contributed by atoms with Crippen LogP contribution in [0.4, 0.5) is 0 Å². The van der Waals surface area contributed by atoms with Gasteiger partial charge in [0.15, 0.2) is 0 Å². The second-order valence-corrected chi connectivity index (χ2v) is 3.89. The van der Waals surface area contributed by atoms with Crippen LogP contribution in [-0.2, 0) is 11.3 Å². The molecule has 1 atom stereocenters. The Bertz CT molecular complexity index is 328. The number of aliphatic carboxylic acids is 1. The summed E-state index contributed by atoms with van der Waals surface area (Å²) in [6.45, 7) is 2.17. The summed E-state index contributed by atoms with van der Waals surface area (Å²) >= 11 is 3.40. The van der Waals surface area contributed by atoms with Gasteiger partial charge in [-0.05, 0) is 18.6 Å². The standard InChI is InChI=1S/C10H12BrNO2/c1-7(10(13)14)12-6-8-4-2-3-5-9(8)11/h2-5,7,12H,6H2,1H3,(H,13,14). The maximum atomic E-state index is 10.5.